The van der Waals surface area contributed by atoms with Gasteiger partial charge in [-0.1, -0.05) is 0 Å². The van der Waals surface area contributed by atoms with E-state index in [1.165, 1.54) is 6.92 Å². The lowest BCUT2D eigenvalue weighted by molar-refractivity contribution is -0.137. The molecule has 1 aliphatic carbocycles. The lowest BCUT2D eigenvalue weighted by Gasteiger charge is -2.15. The highest BCUT2D eigenvalue weighted by atomic mass is 19.4. The maximum Gasteiger partial charge on any atom is 0.416 e. The number of halogens is 5. The van der Waals surface area contributed by atoms with Crippen molar-refractivity contribution in [3.05, 3.63) is 34.9 Å². The van der Waals surface area contributed by atoms with Gasteiger partial charge in [0, 0.05) is 6.42 Å². The zero-order valence-corrected chi connectivity index (χ0v) is 10.6. The zero-order valence-electron chi connectivity index (χ0n) is 10.6. The fourth-order valence-corrected chi connectivity index (χ4v) is 2.06. The summed E-state index contributed by atoms with van der Waals surface area (Å²) in [6.07, 6.45) is -5.26. The van der Waals surface area contributed by atoms with Crippen LogP contribution in [0.1, 0.15) is 34.8 Å². The van der Waals surface area contributed by atoms with Crippen molar-refractivity contribution in [3.63, 3.8) is 0 Å². The topological polar surface area (TPSA) is 26.3 Å². The minimum absolute atomic E-state index is 0.210. The maximum atomic E-state index is 13.3. The van der Waals surface area contributed by atoms with Gasteiger partial charge in [-0.05, 0) is 30.7 Å². The smallest absolute Gasteiger partial charge is 0.416 e. The molecular formula is C13H11F5O2. The van der Waals surface area contributed by atoms with Gasteiger partial charge in [-0.2, -0.15) is 13.2 Å². The summed E-state index contributed by atoms with van der Waals surface area (Å²) in [4.78, 5) is 11.4. The number of alkyl halides is 5. The predicted molar refractivity (Wildman–Crippen MR) is 59.7 cm³/mol. The summed E-state index contributed by atoms with van der Waals surface area (Å²) in [5.74, 6) is -4.06. The molecule has 20 heavy (non-hydrogen) atoms. The van der Waals surface area contributed by atoms with Gasteiger partial charge in [0.25, 0.3) is 5.92 Å². The van der Waals surface area contributed by atoms with E-state index in [1.807, 2.05) is 0 Å². The Kier molecular flexibility index (Phi) is 3.07. The van der Waals surface area contributed by atoms with Gasteiger partial charge in [-0.3, -0.25) is 0 Å². The molecule has 0 radical (unpaired) electrons. The van der Waals surface area contributed by atoms with Crippen LogP contribution in [-0.2, 0) is 16.3 Å². The van der Waals surface area contributed by atoms with Crippen LogP contribution in [0.25, 0.3) is 0 Å². The number of hydrogen-bond donors (Lipinski definition) is 0. The van der Waals surface area contributed by atoms with Gasteiger partial charge >= 0.3 is 12.1 Å². The Bertz CT molecular complexity index is 564. The average molecular weight is 294 g/mol. The molecule has 1 fully saturated rings. The Hall–Kier alpha value is -1.66. The molecule has 0 bridgehead atoms. The molecule has 1 aromatic carbocycles. The Balaban J connectivity index is 2.56. The highest BCUT2D eigenvalue weighted by Gasteiger charge is 2.68. The number of carbonyl (C=O) groups excluding carboxylic acids is 1. The maximum absolute atomic E-state index is 13.3. The van der Waals surface area contributed by atoms with E-state index in [2.05, 4.69) is 4.74 Å². The highest BCUT2D eigenvalue weighted by molar-refractivity contribution is 5.90. The molecule has 0 N–H and O–H groups in total. The molecule has 0 saturated heterocycles. The molecule has 0 amide bonds. The molecule has 1 saturated carbocycles. The van der Waals surface area contributed by atoms with Crippen molar-refractivity contribution in [2.24, 2.45) is 0 Å². The lowest BCUT2D eigenvalue weighted by Crippen LogP contribution is -2.16. The van der Waals surface area contributed by atoms with Gasteiger partial charge < -0.3 is 4.74 Å². The summed E-state index contributed by atoms with van der Waals surface area (Å²) in [6, 6.07) is 2.29. The summed E-state index contributed by atoms with van der Waals surface area (Å²) in [5, 5.41) is 0. The van der Waals surface area contributed by atoms with E-state index in [4.69, 9.17) is 0 Å². The van der Waals surface area contributed by atoms with Crippen LogP contribution >= 0.6 is 0 Å². The van der Waals surface area contributed by atoms with Gasteiger partial charge in [0.1, 0.15) is 0 Å². The molecule has 7 heteroatoms. The molecule has 0 spiro atoms. The molecule has 0 heterocycles. The fraction of sp³-hybridized carbons (Fsp3) is 0.462. The first-order chi connectivity index (χ1) is 9.01. The molecule has 0 aliphatic heterocycles. The van der Waals surface area contributed by atoms with Crippen LogP contribution in [0.5, 0.6) is 0 Å². The fourth-order valence-electron chi connectivity index (χ4n) is 2.06. The molecule has 2 nitrogen and oxygen atoms in total. The Morgan fingerprint density at radius 2 is 1.80 bits per heavy atom. The monoisotopic (exact) mass is 294 g/mol. The van der Waals surface area contributed by atoms with E-state index in [0.29, 0.717) is 12.1 Å². The average Bonchev–Trinajstić information content (AvgIpc) is 2.87. The Morgan fingerprint density at radius 3 is 2.20 bits per heavy atom. The summed E-state index contributed by atoms with van der Waals surface area (Å²) >= 11 is 0. The minimum Gasteiger partial charge on any atom is -0.465 e. The second kappa shape index (κ2) is 4.17. The molecule has 1 aliphatic rings. The van der Waals surface area contributed by atoms with Gasteiger partial charge in [-0.15, -0.1) is 0 Å². The first-order valence-corrected chi connectivity index (χ1v) is 5.70. The number of benzene rings is 1. The molecule has 110 valence electrons. The summed E-state index contributed by atoms with van der Waals surface area (Å²) in [5.41, 5.74) is -3.41. The summed E-state index contributed by atoms with van der Waals surface area (Å²) in [6.45, 7) is 1.17. The molecule has 1 aromatic rings. The van der Waals surface area contributed by atoms with Crippen LogP contribution in [0.15, 0.2) is 18.2 Å². The van der Waals surface area contributed by atoms with Crippen LogP contribution in [0.4, 0.5) is 22.0 Å². The zero-order chi connectivity index (χ0) is 15.3. The van der Waals surface area contributed by atoms with Crippen LogP contribution in [0.2, 0.25) is 0 Å². The van der Waals surface area contributed by atoms with Crippen LogP contribution in [0, 0.1) is 0 Å². The normalized spacial score (nSPS) is 24.4. The lowest BCUT2D eigenvalue weighted by atomic mass is 9.93. The SMILES string of the molecule is COC(=O)c1cc(C(F)(F)F)cc(C2(C)CC2(F)F)c1. The quantitative estimate of drug-likeness (QED) is 0.613. The van der Waals surface area contributed by atoms with E-state index in [9.17, 15) is 26.7 Å². The minimum atomic E-state index is -4.72. The van der Waals surface area contributed by atoms with E-state index >= 15 is 0 Å². The molecule has 2 rings (SSSR count). The van der Waals surface area contributed by atoms with Crippen molar-refractivity contribution >= 4 is 5.97 Å². The standard InChI is InChI=1S/C13H11F5O2/c1-11(6-12(11,14)15)8-3-7(10(19)20-2)4-9(5-8)13(16,17)18/h3-5H,6H2,1-2H3. The Morgan fingerprint density at radius 1 is 1.25 bits per heavy atom. The number of carbonyl (C=O) groups is 1. The van der Waals surface area contributed by atoms with Crippen LogP contribution in [-0.4, -0.2) is 19.0 Å². The second-order valence-electron chi connectivity index (χ2n) is 5.00. The van der Waals surface area contributed by atoms with Crippen LogP contribution < -0.4 is 0 Å². The number of esters is 1. The Labute approximate surface area is 111 Å². The van der Waals surface area contributed by atoms with Gasteiger partial charge in [-0.25, -0.2) is 13.6 Å². The van der Waals surface area contributed by atoms with E-state index in [0.717, 1.165) is 13.2 Å². The molecular weight excluding hydrogens is 283 g/mol. The molecule has 1 unspecified atom stereocenters. The van der Waals surface area contributed by atoms with Crippen molar-refractivity contribution < 1.29 is 31.5 Å². The van der Waals surface area contributed by atoms with Crippen molar-refractivity contribution in [2.75, 3.05) is 7.11 Å². The van der Waals surface area contributed by atoms with E-state index in [-0.39, 0.29) is 11.1 Å². The van der Waals surface area contributed by atoms with Crippen molar-refractivity contribution in [1.29, 1.82) is 0 Å². The third-order valence-electron chi connectivity index (χ3n) is 3.58. The van der Waals surface area contributed by atoms with Crippen molar-refractivity contribution in [1.82, 2.24) is 0 Å². The molecule has 1 atom stereocenters. The number of ether oxygens (including phenoxy) is 1. The number of methoxy groups -OCH3 is 1. The van der Waals surface area contributed by atoms with E-state index in [1.54, 1.807) is 0 Å². The predicted octanol–water partition coefficient (Wildman–Crippen LogP) is 3.79. The van der Waals surface area contributed by atoms with Crippen molar-refractivity contribution in [2.45, 2.75) is 30.9 Å². The van der Waals surface area contributed by atoms with E-state index < -0.39 is 35.5 Å². The first-order valence-electron chi connectivity index (χ1n) is 5.70. The third-order valence-corrected chi connectivity index (χ3v) is 3.58. The summed E-state index contributed by atoms with van der Waals surface area (Å²) < 4.78 is 69.3. The van der Waals surface area contributed by atoms with Gasteiger partial charge in [0.15, 0.2) is 0 Å². The number of rotatable bonds is 2. The molecule has 0 aromatic heterocycles. The highest BCUT2D eigenvalue weighted by Crippen LogP contribution is 2.61. The first kappa shape index (κ1) is 14.7. The van der Waals surface area contributed by atoms with Gasteiger partial charge in [0.05, 0.1) is 23.7 Å². The van der Waals surface area contributed by atoms with Gasteiger partial charge in [0.2, 0.25) is 0 Å². The number of hydrogen-bond acceptors (Lipinski definition) is 2. The van der Waals surface area contributed by atoms with Crippen LogP contribution in [0.3, 0.4) is 0 Å². The second-order valence-corrected chi connectivity index (χ2v) is 5.00. The summed E-state index contributed by atoms with van der Waals surface area (Å²) in [7, 11) is 1.01. The third kappa shape index (κ3) is 2.25. The largest absolute Gasteiger partial charge is 0.465 e. The van der Waals surface area contributed by atoms with Crippen molar-refractivity contribution in [3.8, 4) is 0 Å².